The molecule has 2 aliphatic rings. The molecule has 0 heterocycles. The van der Waals surface area contributed by atoms with E-state index in [1.807, 2.05) is 0 Å². The molecule has 0 spiro atoms. The van der Waals surface area contributed by atoms with Crippen molar-refractivity contribution in [3.05, 3.63) is 107 Å². The summed E-state index contributed by atoms with van der Waals surface area (Å²) < 4.78 is 0. The Balaban J connectivity index is 0. The average molecular weight is 619 g/mol. The topological polar surface area (TPSA) is 0 Å². The number of halogens is 2. The Morgan fingerprint density at radius 3 is 1.13 bits per heavy atom. The van der Waals surface area contributed by atoms with Crippen LogP contribution in [0.5, 0.6) is 0 Å². The van der Waals surface area contributed by atoms with Gasteiger partial charge >= 0.3 is 25.8 Å². The number of hydrogen-bond donors (Lipinski definition) is 0. The molecule has 0 aromatic heterocycles. The first kappa shape index (κ1) is 31.3. The molecule has 0 atom stereocenters. The van der Waals surface area contributed by atoms with Crippen LogP contribution in [0.25, 0.3) is 0 Å². The van der Waals surface area contributed by atoms with Gasteiger partial charge in [0.1, 0.15) is 9.52 Å². The summed E-state index contributed by atoms with van der Waals surface area (Å²) in [6, 6.07) is 21.3. The average Bonchev–Trinajstić information content (AvgIpc) is 3.25. The summed E-state index contributed by atoms with van der Waals surface area (Å²) in [6.07, 6.45) is 12.8. The summed E-state index contributed by atoms with van der Waals surface area (Å²) in [5.74, 6) is 0. The summed E-state index contributed by atoms with van der Waals surface area (Å²) in [5.41, 5.74) is 5.42. The van der Waals surface area contributed by atoms with Gasteiger partial charge in [0.05, 0.1) is 0 Å². The normalized spacial score (nSPS) is 13.2. The minimum atomic E-state index is 0. The molecule has 0 nitrogen and oxygen atoms in total. The van der Waals surface area contributed by atoms with Gasteiger partial charge in [0, 0.05) is 0 Å². The summed E-state index contributed by atoms with van der Waals surface area (Å²) in [7, 11) is 0.271. The van der Waals surface area contributed by atoms with Crippen molar-refractivity contribution in [2.45, 2.75) is 40.5 Å². The molecule has 30 heavy (non-hydrogen) atoms. The second kappa shape index (κ2) is 17.7. The van der Waals surface area contributed by atoms with Crippen LogP contribution in [0.1, 0.15) is 40.5 Å². The third kappa shape index (κ3) is 12.1. The molecule has 0 bridgehead atoms. The molecule has 2 aromatic carbocycles. The van der Waals surface area contributed by atoms with E-state index >= 15 is 0 Å². The SMILES string of the molecule is CC1=[C-]CC=C1C.CC1=[C-]CC=C1C.[Cl-].[Cl-].[Hf+4].c1ccc([SiH]c2ccccc2)cc1. The first-order valence-corrected chi connectivity index (χ1v) is 10.7. The van der Waals surface area contributed by atoms with Gasteiger partial charge in [-0.3, -0.25) is 12.2 Å². The second-order valence-electron chi connectivity index (χ2n) is 6.75. The molecule has 0 saturated carbocycles. The van der Waals surface area contributed by atoms with E-state index in [1.54, 1.807) is 0 Å². The predicted octanol–water partition coefficient (Wildman–Crippen LogP) is -0.749. The minimum Gasteiger partial charge on any atom is -1.00 e. The predicted molar refractivity (Wildman–Crippen MR) is 121 cm³/mol. The zero-order chi connectivity index (χ0) is 19.5. The van der Waals surface area contributed by atoms with Gasteiger partial charge in [-0.25, -0.2) is 22.3 Å². The van der Waals surface area contributed by atoms with Gasteiger partial charge in [0.15, 0.2) is 0 Å². The van der Waals surface area contributed by atoms with Crippen molar-refractivity contribution in [2.24, 2.45) is 0 Å². The molecule has 0 fully saturated rings. The maximum absolute atomic E-state index is 3.19. The van der Waals surface area contributed by atoms with Gasteiger partial charge < -0.3 is 24.8 Å². The van der Waals surface area contributed by atoms with Gasteiger partial charge in [-0.05, 0) is 0 Å². The van der Waals surface area contributed by atoms with Gasteiger partial charge in [-0.15, -0.1) is 26.7 Å². The van der Waals surface area contributed by atoms with Crippen LogP contribution < -0.4 is 35.2 Å². The molecule has 4 rings (SSSR count). The van der Waals surface area contributed by atoms with E-state index < -0.39 is 0 Å². The van der Waals surface area contributed by atoms with Crippen LogP contribution in [-0.4, -0.2) is 9.52 Å². The van der Waals surface area contributed by atoms with E-state index in [4.69, 9.17) is 0 Å². The summed E-state index contributed by atoms with van der Waals surface area (Å²) in [6.45, 7) is 8.43. The molecule has 4 heteroatoms. The van der Waals surface area contributed by atoms with Gasteiger partial charge in [0.2, 0.25) is 0 Å². The van der Waals surface area contributed by atoms with Crippen LogP contribution in [0.15, 0.2) is 95.1 Å². The molecule has 0 aliphatic heterocycles. The van der Waals surface area contributed by atoms with E-state index in [-0.39, 0.29) is 60.2 Å². The quantitative estimate of drug-likeness (QED) is 0.307. The summed E-state index contributed by atoms with van der Waals surface area (Å²) in [4.78, 5) is 0. The van der Waals surface area contributed by atoms with Crippen molar-refractivity contribution in [3.8, 4) is 0 Å². The molecular weight excluding hydrogens is 590 g/mol. The monoisotopic (exact) mass is 619 g/mol. The smallest absolute Gasteiger partial charge is 1.00 e. The molecular formula is C26H29Cl2HfSi. The van der Waals surface area contributed by atoms with E-state index in [9.17, 15) is 0 Å². The van der Waals surface area contributed by atoms with E-state index in [1.165, 1.54) is 32.7 Å². The maximum Gasteiger partial charge on any atom is 4.00 e. The number of hydrogen-bond acceptors (Lipinski definition) is 0. The Labute approximate surface area is 217 Å². The number of benzene rings is 2. The van der Waals surface area contributed by atoms with Crippen molar-refractivity contribution < 1.29 is 50.7 Å². The Kier molecular flexibility index (Phi) is 18.5. The molecule has 0 N–H and O–H groups in total. The van der Waals surface area contributed by atoms with Gasteiger partial charge in [-0.1, -0.05) is 84.9 Å². The van der Waals surface area contributed by atoms with Crippen molar-refractivity contribution in [3.63, 3.8) is 0 Å². The van der Waals surface area contributed by atoms with Crippen molar-refractivity contribution >= 4 is 19.9 Å². The van der Waals surface area contributed by atoms with Crippen LogP contribution in [0.2, 0.25) is 0 Å². The maximum atomic E-state index is 3.19. The molecule has 0 amide bonds. The Bertz CT molecular complexity index is 734. The van der Waals surface area contributed by atoms with E-state index in [0.717, 1.165) is 12.8 Å². The fourth-order valence-corrected chi connectivity index (χ4v) is 3.80. The Morgan fingerprint density at radius 1 is 0.600 bits per heavy atom. The summed E-state index contributed by atoms with van der Waals surface area (Å²) >= 11 is 0. The first-order valence-electron chi connectivity index (χ1n) is 9.50. The van der Waals surface area contributed by atoms with Crippen molar-refractivity contribution in [1.29, 1.82) is 0 Å². The number of rotatable bonds is 2. The summed E-state index contributed by atoms with van der Waals surface area (Å²) in [5, 5.41) is 2.90. The molecule has 155 valence electrons. The zero-order valence-corrected chi connectivity index (χ0v) is 24.4. The Morgan fingerprint density at radius 2 is 0.933 bits per heavy atom. The van der Waals surface area contributed by atoms with Gasteiger partial charge in [-0.2, -0.15) is 12.2 Å². The largest absolute Gasteiger partial charge is 4.00 e. The molecule has 1 radical (unpaired) electrons. The van der Waals surface area contributed by atoms with E-state index in [0.29, 0.717) is 0 Å². The molecule has 0 unspecified atom stereocenters. The van der Waals surface area contributed by atoms with Crippen LogP contribution in [0.4, 0.5) is 0 Å². The molecule has 2 aliphatic carbocycles. The first-order chi connectivity index (χ1) is 13.1. The van der Waals surface area contributed by atoms with Crippen LogP contribution >= 0.6 is 0 Å². The zero-order valence-electron chi connectivity index (χ0n) is 18.2. The van der Waals surface area contributed by atoms with Crippen LogP contribution in [0.3, 0.4) is 0 Å². The Hall–Kier alpha value is -0.933. The third-order valence-corrected chi connectivity index (χ3v) is 6.10. The third-order valence-electron chi connectivity index (χ3n) is 4.67. The standard InChI is InChI=1S/C12H11Si.2C7H9.2ClH.Hf/c1-3-7-11(8-4-1)13-12-9-5-2-6-10-12;2*1-6-4-3-5-7(6)2;;;/h1-10,13H;2*4H,3H2,1-2H3;2*1H;/q;2*-1;;;+4/p-2. The van der Waals surface area contributed by atoms with Crippen LogP contribution in [-0.2, 0) is 25.8 Å². The minimum absolute atomic E-state index is 0. The van der Waals surface area contributed by atoms with E-state index in [2.05, 4.69) is 113 Å². The van der Waals surface area contributed by atoms with Crippen molar-refractivity contribution in [1.82, 2.24) is 0 Å². The number of allylic oxidation sites excluding steroid dienone is 8. The van der Waals surface area contributed by atoms with Gasteiger partial charge in [0.25, 0.3) is 0 Å². The fourth-order valence-electron chi connectivity index (χ4n) is 2.59. The van der Waals surface area contributed by atoms with Crippen LogP contribution in [0, 0.1) is 12.2 Å². The molecule has 0 saturated heterocycles. The second-order valence-corrected chi connectivity index (χ2v) is 8.37. The molecule has 2 aromatic rings. The van der Waals surface area contributed by atoms with Crippen molar-refractivity contribution in [2.75, 3.05) is 0 Å². The fraction of sp³-hybridized carbons (Fsp3) is 0.231.